The van der Waals surface area contributed by atoms with Crippen LogP contribution in [-0.4, -0.2) is 57.1 Å². The summed E-state index contributed by atoms with van der Waals surface area (Å²) in [6.07, 6.45) is -0.0264. The molecule has 2 saturated heterocycles. The Hall–Kier alpha value is -2.94. The molecular weight excluding hydrogens is 397 g/mol. The van der Waals surface area contributed by atoms with Gasteiger partial charge in [0.1, 0.15) is 5.82 Å². The van der Waals surface area contributed by atoms with Gasteiger partial charge in [-0.15, -0.1) is 0 Å². The highest BCUT2D eigenvalue weighted by Gasteiger charge is 2.36. The second-order valence-electron chi connectivity index (χ2n) is 7.03. The fourth-order valence-electron chi connectivity index (χ4n) is 3.61. The number of piperazine rings is 1. The van der Waals surface area contributed by atoms with Gasteiger partial charge in [0.2, 0.25) is 15.9 Å². The summed E-state index contributed by atoms with van der Waals surface area (Å²) in [6, 6.07) is 12.3. The maximum absolute atomic E-state index is 13.1. The molecule has 4 rings (SSSR count). The Kier molecular flexibility index (Phi) is 4.99. The fraction of sp³-hybridized carbons (Fsp3) is 0.300. The van der Waals surface area contributed by atoms with E-state index in [1.165, 1.54) is 24.3 Å². The maximum atomic E-state index is 13.1. The average Bonchev–Trinajstić information content (AvgIpc) is 3.01. The summed E-state index contributed by atoms with van der Waals surface area (Å²) in [5.74, 6) is -1.08. The first-order valence-corrected chi connectivity index (χ1v) is 10.9. The third kappa shape index (κ3) is 3.82. The molecule has 7 nitrogen and oxygen atoms in total. The number of rotatable bonds is 3. The molecule has 0 atom stereocenters. The fourth-order valence-corrected chi connectivity index (χ4v) is 5.07. The molecule has 2 aliphatic rings. The molecule has 2 amide bonds. The first-order chi connectivity index (χ1) is 13.8. The molecule has 0 radical (unpaired) electrons. The van der Waals surface area contributed by atoms with E-state index >= 15 is 0 Å². The molecular formula is C20H20FN3O4S. The van der Waals surface area contributed by atoms with Gasteiger partial charge in [-0.05, 0) is 48.5 Å². The van der Waals surface area contributed by atoms with E-state index in [9.17, 15) is 22.4 Å². The summed E-state index contributed by atoms with van der Waals surface area (Å²) in [4.78, 5) is 28.5. The number of hydrogen-bond acceptors (Lipinski definition) is 5. The largest absolute Gasteiger partial charge is 0.368 e. The predicted octanol–water partition coefficient (Wildman–Crippen LogP) is 1.85. The van der Waals surface area contributed by atoms with Crippen LogP contribution in [-0.2, 0) is 14.8 Å². The van der Waals surface area contributed by atoms with Crippen LogP contribution in [0.25, 0.3) is 0 Å². The Morgan fingerprint density at radius 2 is 1.45 bits per heavy atom. The molecule has 152 valence electrons. The van der Waals surface area contributed by atoms with Crippen molar-refractivity contribution in [3.63, 3.8) is 0 Å². The normalized spacial score (nSPS) is 18.9. The second kappa shape index (κ2) is 7.47. The third-order valence-electron chi connectivity index (χ3n) is 5.19. The Morgan fingerprint density at radius 3 is 2.00 bits per heavy atom. The van der Waals surface area contributed by atoms with E-state index < -0.39 is 15.9 Å². The lowest BCUT2D eigenvalue weighted by Gasteiger charge is -2.36. The summed E-state index contributed by atoms with van der Waals surface area (Å²) < 4.78 is 37.9. The molecule has 0 aliphatic carbocycles. The number of amides is 2. The minimum absolute atomic E-state index is 0.0264. The summed E-state index contributed by atoms with van der Waals surface area (Å²) in [5.41, 5.74) is 1.61. The molecule has 0 bridgehead atoms. The Balaban J connectivity index is 1.41. The van der Waals surface area contributed by atoms with E-state index in [0.717, 1.165) is 9.99 Å². The molecule has 0 spiro atoms. The van der Waals surface area contributed by atoms with Crippen molar-refractivity contribution in [2.45, 2.75) is 6.42 Å². The SMILES string of the molecule is O=C(c1ccc(N2C(=O)CCS2(=O)=O)cc1)N1CCN(c2ccc(F)cc2)CC1. The quantitative estimate of drug-likeness (QED) is 0.762. The van der Waals surface area contributed by atoms with Gasteiger partial charge in [-0.1, -0.05) is 0 Å². The van der Waals surface area contributed by atoms with Gasteiger partial charge in [0, 0.05) is 43.9 Å². The average molecular weight is 417 g/mol. The van der Waals surface area contributed by atoms with Gasteiger partial charge in [-0.2, -0.15) is 0 Å². The number of benzene rings is 2. The molecule has 2 aromatic rings. The van der Waals surface area contributed by atoms with Crippen molar-refractivity contribution in [1.82, 2.24) is 4.90 Å². The van der Waals surface area contributed by atoms with Crippen LogP contribution in [0.1, 0.15) is 16.8 Å². The van der Waals surface area contributed by atoms with Crippen molar-refractivity contribution in [2.24, 2.45) is 0 Å². The van der Waals surface area contributed by atoms with Crippen LogP contribution in [0, 0.1) is 5.82 Å². The number of anilines is 2. The van der Waals surface area contributed by atoms with E-state index in [2.05, 4.69) is 4.90 Å². The topological polar surface area (TPSA) is 78.0 Å². The smallest absolute Gasteiger partial charge is 0.253 e. The zero-order valence-corrected chi connectivity index (χ0v) is 16.4. The highest BCUT2D eigenvalue weighted by Crippen LogP contribution is 2.26. The molecule has 0 unspecified atom stereocenters. The Morgan fingerprint density at radius 1 is 0.862 bits per heavy atom. The molecule has 2 fully saturated rings. The highest BCUT2D eigenvalue weighted by molar-refractivity contribution is 7.94. The van der Waals surface area contributed by atoms with Gasteiger partial charge in [0.15, 0.2) is 0 Å². The van der Waals surface area contributed by atoms with Crippen LogP contribution in [0.2, 0.25) is 0 Å². The van der Waals surface area contributed by atoms with E-state index in [1.54, 1.807) is 29.2 Å². The van der Waals surface area contributed by atoms with E-state index in [4.69, 9.17) is 0 Å². The van der Waals surface area contributed by atoms with Crippen LogP contribution in [0.3, 0.4) is 0 Å². The Bertz CT molecular complexity index is 1030. The molecule has 2 aliphatic heterocycles. The number of hydrogen-bond donors (Lipinski definition) is 0. The van der Waals surface area contributed by atoms with Crippen molar-refractivity contribution < 1.29 is 22.4 Å². The number of sulfonamides is 1. The lowest BCUT2D eigenvalue weighted by Crippen LogP contribution is -2.48. The highest BCUT2D eigenvalue weighted by atomic mass is 32.2. The van der Waals surface area contributed by atoms with Crippen LogP contribution < -0.4 is 9.21 Å². The number of carbonyl (C=O) groups excluding carboxylic acids is 2. The summed E-state index contributed by atoms with van der Waals surface area (Å²) in [6.45, 7) is 2.32. The first kappa shape index (κ1) is 19.4. The van der Waals surface area contributed by atoms with Gasteiger partial charge in [-0.25, -0.2) is 17.1 Å². The summed E-state index contributed by atoms with van der Waals surface area (Å²) >= 11 is 0. The van der Waals surface area contributed by atoms with Crippen molar-refractivity contribution >= 4 is 33.2 Å². The lowest BCUT2D eigenvalue weighted by atomic mass is 10.1. The van der Waals surface area contributed by atoms with Gasteiger partial charge >= 0.3 is 0 Å². The van der Waals surface area contributed by atoms with Gasteiger partial charge in [-0.3, -0.25) is 9.59 Å². The molecule has 0 aromatic heterocycles. The van der Waals surface area contributed by atoms with E-state index in [0.29, 0.717) is 31.7 Å². The van der Waals surface area contributed by atoms with Gasteiger partial charge < -0.3 is 9.80 Å². The van der Waals surface area contributed by atoms with E-state index in [-0.39, 0.29) is 29.6 Å². The number of nitrogens with zero attached hydrogens (tertiary/aromatic N) is 3. The number of halogens is 1. The Labute approximate surface area is 168 Å². The number of carbonyl (C=O) groups is 2. The molecule has 0 saturated carbocycles. The van der Waals surface area contributed by atoms with E-state index in [1.807, 2.05) is 0 Å². The summed E-state index contributed by atoms with van der Waals surface area (Å²) in [7, 11) is -3.62. The predicted molar refractivity (Wildman–Crippen MR) is 107 cm³/mol. The second-order valence-corrected chi connectivity index (χ2v) is 8.96. The standard InChI is InChI=1S/C20H20FN3O4S/c21-16-3-7-17(8-4-16)22-10-12-23(13-11-22)20(26)15-1-5-18(6-2-15)24-19(25)9-14-29(24,27)28/h1-8H,9-14H2. The zero-order valence-electron chi connectivity index (χ0n) is 15.6. The third-order valence-corrected chi connectivity index (χ3v) is 6.88. The first-order valence-electron chi connectivity index (χ1n) is 9.31. The van der Waals surface area contributed by atoms with Crippen molar-refractivity contribution in [1.29, 1.82) is 0 Å². The maximum Gasteiger partial charge on any atom is 0.253 e. The minimum atomic E-state index is -3.62. The molecule has 29 heavy (non-hydrogen) atoms. The molecule has 2 aromatic carbocycles. The minimum Gasteiger partial charge on any atom is -0.368 e. The van der Waals surface area contributed by atoms with Crippen LogP contribution >= 0.6 is 0 Å². The van der Waals surface area contributed by atoms with Gasteiger partial charge in [0.05, 0.1) is 11.4 Å². The van der Waals surface area contributed by atoms with Crippen LogP contribution in [0.15, 0.2) is 48.5 Å². The zero-order chi connectivity index (χ0) is 20.6. The van der Waals surface area contributed by atoms with Crippen LogP contribution in [0.4, 0.5) is 15.8 Å². The molecule has 9 heteroatoms. The lowest BCUT2D eigenvalue weighted by molar-refractivity contribution is -0.116. The van der Waals surface area contributed by atoms with Crippen molar-refractivity contribution in [3.8, 4) is 0 Å². The monoisotopic (exact) mass is 417 g/mol. The molecule has 0 N–H and O–H groups in total. The molecule has 2 heterocycles. The van der Waals surface area contributed by atoms with Crippen molar-refractivity contribution in [2.75, 3.05) is 41.1 Å². The van der Waals surface area contributed by atoms with Gasteiger partial charge in [0.25, 0.3) is 5.91 Å². The summed E-state index contributed by atoms with van der Waals surface area (Å²) in [5, 5.41) is 0. The van der Waals surface area contributed by atoms with Crippen molar-refractivity contribution in [3.05, 3.63) is 59.9 Å². The van der Waals surface area contributed by atoms with Crippen LogP contribution in [0.5, 0.6) is 0 Å².